The molecule has 1 saturated carbocycles. The molecule has 1 unspecified atom stereocenters. The van der Waals surface area contributed by atoms with Gasteiger partial charge in [-0.1, -0.05) is 13.8 Å². The molecule has 0 radical (unpaired) electrons. The highest BCUT2D eigenvalue weighted by Gasteiger charge is 2.22. The van der Waals surface area contributed by atoms with Crippen LogP contribution >= 0.6 is 0 Å². The van der Waals surface area contributed by atoms with Crippen molar-refractivity contribution < 1.29 is 5.11 Å². The van der Waals surface area contributed by atoms with Gasteiger partial charge in [-0.25, -0.2) is 0 Å². The maximum atomic E-state index is 9.20. The van der Waals surface area contributed by atoms with Gasteiger partial charge < -0.3 is 5.11 Å². The second kappa shape index (κ2) is 2.70. The van der Waals surface area contributed by atoms with Crippen molar-refractivity contribution in [2.45, 2.75) is 39.2 Å². The highest BCUT2D eigenvalue weighted by atomic mass is 16.3. The Hall–Kier alpha value is -0.0400. The first-order valence-electron chi connectivity index (χ1n) is 3.88. The van der Waals surface area contributed by atoms with E-state index in [9.17, 15) is 5.11 Å². The molecule has 9 heavy (non-hydrogen) atoms. The van der Waals surface area contributed by atoms with Crippen LogP contribution in [0.5, 0.6) is 0 Å². The Morgan fingerprint density at radius 3 is 2.22 bits per heavy atom. The summed E-state index contributed by atoms with van der Waals surface area (Å²) in [5.74, 6) is 1.56. The Kier molecular flexibility index (Phi) is 2.12. The lowest BCUT2D eigenvalue weighted by Crippen LogP contribution is -2.23. The highest BCUT2D eigenvalue weighted by Crippen LogP contribution is 2.28. The minimum atomic E-state index is -0.00352. The summed E-state index contributed by atoms with van der Waals surface area (Å²) in [6.07, 6.45) is 3.24. The van der Waals surface area contributed by atoms with Gasteiger partial charge in [-0.2, -0.15) is 0 Å². The minimum Gasteiger partial charge on any atom is -0.393 e. The number of aliphatic hydroxyl groups excluding tert-OH is 1. The second-order valence-electron chi connectivity index (χ2n) is 3.42. The molecular formula is C8H16O. The molecule has 0 aromatic carbocycles. The smallest absolute Gasteiger partial charge is 0.0543 e. The predicted octanol–water partition coefficient (Wildman–Crippen LogP) is 1.80. The summed E-state index contributed by atoms with van der Waals surface area (Å²) in [5.41, 5.74) is 0. The molecule has 1 N–H and O–H groups in total. The van der Waals surface area contributed by atoms with Crippen LogP contribution in [0.1, 0.15) is 33.1 Å². The average Bonchev–Trinajstić information content (AvgIpc) is 1.80. The standard InChI is InChI=1S/C8H16O/c1-6-3-4-8(9)5-7(6)2/h6-9H,3-5H2,1-2H3/t6-,7-,8?/m0/s1. The van der Waals surface area contributed by atoms with Gasteiger partial charge in [0.15, 0.2) is 0 Å². The van der Waals surface area contributed by atoms with Crippen molar-refractivity contribution in [3.05, 3.63) is 0 Å². The van der Waals surface area contributed by atoms with Crippen LogP contribution in [0.15, 0.2) is 0 Å². The molecule has 0 aromatic rings. The van der Waals surface area contributed by atoms with E-state index >= 15 is 0 Å². The Balaban J connectivity index is 2.35. The largest absolute Gasteiger partial charge is 0.393 e. The van der Waals surface area contributed by atoms with Gasteiger partial charge in [-0.3, -0.25) is 0 Å². The molecule has 0 spiro atoms. The molecule has 0 heterocycles. The third-order valence-corrected chi connectivity index (χ3v) is 2.57. The predicted molar refractivity (Wildman–Crippen MR) is 38.2 cm³/mol. The molecule has 1 nitrogen and oxygen atoms in total. The number of rotatable bonds is 0. The van der Waals surface area contributed by atoms with E-state index in [0.717, 1.165) is 24.7 Å². The summed E-state index contributed by atoms with van der Waals surface area (Å²) in [7, 11) is 0. The van der Waals surface area contributed by atoms with Gasteiger partial charge in [0.05, 0.1) is 6.10 Å². The molecule has 0 aliphatic heterocycles. The van der Waals surface area contributed by atoms with Crippen molar-refractivity contribution in [3.63, 3.8) is 0 Å². The van der Waals surface area contributed by atoms with E-state index in [1.807, 2.05) is 0 Å². The zero-order chi connectivity index (χ0) is 6.85. The third-order valence-electron chi connectivity index (χ3n) is 2.57. The molecule has 1 fully saturated rings. The van der Waals surface area contributed by atoms with Crippen LogP contribution in [-0.4, -0.2) is 11.2 Å². The fourth-order valence-electron chi connectivity index (χ4n) is 1.52. The lowest BCUT2D eigenvalue weighted by molar-refractivity contribution is 0.0807. The molecule has 0 saturated heterocycles. The normalized spacial score (nSPS) is 45.0. The van der Waals surface area contributed by atoms with Gasteiger partial charge in [0.1, 0.15) is 0 Å². The Labute approximate surface area is 57.1 Å². The van der Waals surface area contributed by atoms with Gasteiger partial charge >= 0.3 is 0 Å². The Bertz CT molecular complexity index is 90.6. The first kappa shape index (κ1) is 7.07. The molecule has 0 bridgehead atoms. The molecule has 1 rings (SSSR count). The van der Waals surface area contributed by atoms with Crippen molar-refractivity contribution in [2.24, 2.45) is 11.8 Å². The zero-order valence-corrected chi connectivity index (χ0v) is 6.30. The SMILES string of the molecule is C[C@H]1CCC(O)C[C@@H]1C. The van der Waals surface area contributed by atoms with Crippen molar-refractivity contribution in [2.75, 3.05) is 0 Å². The number of aliphatic hydroxyl groups is 1. The molecule has 0 amide bonds. The lowest BCUT2D eigenvalue weighted by Gasteiger charge is -2.28. The van der Waals surface area contributed by atoms with Crippen molar-refractivity contribution >= 4 is 0 Å². The van der Waals surface area contributed by atoms with E-state index in [-0.39, 0.29) is 6.10 Å². The third kappa shape index (κ3) is 1.68. The van der Waals surface area contributed by atoms with E-state index in [2.05, 4.69) is 13.8 Å². The summed E-state index contributed by atoms with van der Waals surface area (Å²) in [5, 5.41) is 9.20. The van der Waals surface area contributed by atoms with Crippen LogP contribution in [0.2, 0.25) is 0 Å². The fraction of sp³-hybridized carbons (Fsp3) is 1.00. The minimum absolute atomic E-state index is 0.00352. The maximum absolute atomic E-state index is 9.20. The summed E-state index contributed by atoms with van der Waals surface area (Å²) in [6, 6.07) is 0. The van der Waals surface area contributed by atoms with Gasteiger partial charge in [0.25, 0.3) is 0 Å². The van der Waals surface area contributed by atoms with Crippen LogP contribution < -0.4 is 0 Å². The van der Waals surface area contributed by atoms with Gasteiger partial charge in [-0.15, -0.1) is 0 Å². The lowest BCUT2D eigenvalue weighted by atomic mass is 9.80. The first-order valence-corrected chi connectivity index (χ1v) is 3.88. The topological polar surface area (TPSA) is 20.2 Å². The monoisotopic (exact) mass is 128 g/mol. The van der Waals surface area contributed by atoms with Crippen LogP contribution in [0.25, 0.3) is 0 Å². The van der Waals surface area contributed by atoms with Crippen molar-refractivity contribution in [1.29, 1.82) is 0 Å². The van der Waals surface area contributed by atoms with Gasteiger partial charge in [0.2, 0.25) is 0 Å². The van der Waals surface area contributed by atoms with E-state index in [1.165, 1.54) is 6.42 Å². The van der Waals surface area contributed by atoms with Crippen molar-refractivity contribution in [3.8, 4) is 0 Å². The van der Waals surface area contributed by atoms with Crippen LogP contribution in [0.3, 0.4) is 0 Å². The summed E-state index contributed by atoms with van der Waals surface area (Å²) >= 11 is 0. The summed E-state index contributed by atoms with van der Waals surface area (Å²) in [6.45, 7) is 4.50. The quantitative estimate of drug-likeness (QED) is 0.527. The molecule has 1 aliphatic rings. The van der Waals surface area contributed by atoms with E-state index in [1.54, 1.807) is 0 Å². The van der Waals surface area contributed by atoms with E-state index < -0.39 is 0 Å². The Morgan fingerprint density at radius 2 is 1.78 bits per heavy atom. The van der Waals surface area contributed by atoms with Crippen LogP contribution in [0.4, 0.5) is 0 Å². The van der Waals surface area contributed by atoms with Gasteiger partial charge in [0, 0.05) is 0 Å². The Morgan fingerprint density at radius 1 is 1.11 bits per heavy atom. The van der Waals surface area contributed by atoms with Crippen molar-refractivity contribution in [1.82, 2.24) is 0 Å². The van der Waals surface area contributed by atoms with Crippen LogP contribution in [-0.2, 0) is 0 Å². The molecule has 0 aromatic heterocycles. The molecule has 1 aliphatic carbocycles. The molecule has 3 atom stereocenters. The second-order valence-corrected chi connectivity index (χ2v) is 3.42. The van der Waals surface area contributed by atoms with Crippen LogP contribution in [0, 0.1) is 11.8 Å². The average molecular weight is 128 g/mol. The number of hydrogen-bond donors (Lipinski definition) is 1. The summed E-state index contributed by atoms with van der Waals surface area (Å²) in [4.78, 5) is 0. The molecule has 1 heteroatoms. The highest BCUT2D eigenvalue weighted by molar-refractivity contribution is 4.73. The molecule has 54 valence electrons. The van der Waals surface area contributed by atoms with E-state index in [0.29, 0.717) is 0 Å². The first-order chi connectivity index (χ1) is 4.20. The maximum Gasteiger partial charge on any atom is 0.0543 e. The molecular weight excluding hydrogens is 112 g/mol. The fourth-order valence-corrected chi connectivity index (χ4v) is 1.52. The summed E-state index contributed by atoms with van der Waals surface area (Å²) < 4.78 is 0. The van der Waals surface area contributed by atoms with Gasteiger partial charge in [-0.05, 0) is 31.1 Å². The van der Waals surface area contributed by atoms with E-state index in [4.69, 9.17) is 0 Å². The zero-order valence-electron chi connectivity index (χ0n) is 6.30. The number of hydrogen-bond acceptors (Lipinski definition) is 1.